The second-order valence-electron chi connectivity index (χ2n) is 7.90. The topological polar surface area (TPSA) is 55.8 Å². The van der Waals surface area contributed by atoms with Gasteiger partial charge in [0.05, 0.1) is 6.10 Å². The molecule has 0 fully saturated rings. The molecule has 0 unspecified atom stereocenters. The van der Waals surface area contributed by atoms with E-state index in [1.807, 2.05) is 13.8 Å². The molecule has 1 aromatic carbocycles. The highest BCUT2D eigenvalue weighted by molar-refractivity contribution is 5.72. The van der Waals surface area contributed by atoms with Crippen LogP contribution in [0, 0.1) is 0 Å². The van der Waals surface area contributed by atoms with Crippen LogP contribution in [0.15, 0.2) is 54.7 Å². The van der Waals surface area contributed by atoms with Gasteiger partial charge < -0.3 is 14.6 Å². The Labute approximate surface area is 188 Å². The van der Waals surface area contributed by atoms with Crippen molar-refractivity contribution in [3.05, 3.63) is 54.7 Å². The number of phenols is 1. The Morgan fingerprint density at radius 3 is 2.19 bits per heavy atom. The Bertz CT molecular complexity index is 701. The summed E-state index contributed by atoms with van der Waals surface area (Å²) in [5.74, 6) is 0.559. The molecular formula is C27H40O4. The SMILES string of the molecule is CC/C=C\C/C=C\C/C=C\CCCCCCCC(=O)Oc1cc(O)cc(OC(C)C)c1. The molecule has 31 heavy (non-hydrogen) atoms. The Morgan fingerprint density at radius 1 is 0.871 bits per heavy atom. The number of unbranched alkanes of at least 4 members (excludes halogenated alkanes) is 5. The van der Waals surface area contributed by atoms with E-state index >= 15 is 0 Å². The summed E-state index contributed by atoms with van der Waals surface area (Å²) in [7, 11) is 0. The van der Waals surface area contributed by atoms with Gasteiger partial charge in [0, 0.05) is 24.6 Å². The largest absolute Gasteiger partial charge is 0.508 e. The number of carbonyl (C=O) groups is 1. The van der Waals surface area contributed by atoms with Crippen LogP contribution in [0.25, 0.3) is 0 Å². The van der Waals surface area contributed by atoms with Crippen LogP contribution < -0.4 is 9.47 Å². The van der Waals surface area contributed by atoms with Gasteiger partial charge in [-0.25, -0.2) is 0 Å². The van der Waals surface area contributed by atoms with Gasteiger partial charge in [0.1, 0.15) is 17.2 Å². The molecule has 4 nitrogen and oxygen atoms in total. The third-order valence-electron chi connectivity index (χ3n) is 4.50. The molecule has 0 radical (unpaired) electrons. The molecular weight excluding hydrogens is 388 g/mol. The minimum Gasteiger partial charge on any atom is -0.508 e. The molecule has 4 heteroatoms. The number of hydrogen-bond donors (Lipinski definition) is 1. The van der Waals surface area contributed by atoms with Gasteiger partial charge in [0.2, 0.25) is 0 Å². The fraction of sp³-hybridized carbons (Fsp3) is 0.519. The van der Waals surface area contributed by atoms with E-state index in [1.54, 1.807) is 6.07 Å². The Morgan fingerprint density at radius 2 is 1.48 bits per heavy atom. The zero-order valence-electron chi connectivity index (χ0n) is 19.5. The van der Waals surface area contributed by atoms with Crippen molar-refractivity contribution in [2.24, 2.45) is 0 Å². The van der Waals surface area contributed by atoms with Gasteiger partial charge in [0.15, 0.2) is 0 Å². The van der Waals surface area contributed by atoms with Crippen molar-refractivity contribution in [1.82, 2.24) is 0 Å². The Hall–Kier alpha value is -2.49. The maximum atomic E-state index is 12.0. The quantitative estimate of drug-likeness (QED) is 0.127. The fourth-order valence-electron chi connectivity index (χ4n) is 3.03. The number of carbonyl (C=O) groups excluding carboxylic acids is 1. The lowest BCUT2D eigenvalue weighted by Gasteiger charge is -2.12. The molecule has 0 aromatic heterocycles. The number of phenolic OH excluding ortho intramolecular Hbond substituents is 1. The molecule has 0 spiro atoms. The average Bonchev–Trinajstić information content (AvgIpc) is 2.70. The summed E-state index contributed by atoms with van der Waals surface area (Å²) in [5.41, 5.74) is 0. The predicted molar refractivity (Wildman–Crippen MR) is 129 cm³/mol. The summed E-state index contributed by atoms with van der Waals surface area (Å²) in [6.07, 6.45) is 23.3. The average molecular weight is 429 g/mol. The van der Waals surface area contributed by atoms with E-state index in [2.05, 4.69) is 43.4 Å². The molecule has 0 saturated heterocycles. The number of aromatic hydroxyl groups is 1. The zero-order chi connectivity index (χ0) is 22.7. The Kier molecular flexibility index (Phi) is 14.7. The van der Waals surface area contributed by atoms with Crippen molar-refractivity contribution in [2.75, 3.05) is 0 Å². The highest BCUT2D eigenvalue weighted by Crippen LogP contribution is 2.28. The van der Waals surface area contributed by atoms with Gasteiger partial charge in [-0.15, -0.1) is 0 Å². The summed E-state index contributed by atoms with van der Waals surface area (Å²) in [6, 6.07) is 4.57. The van der Waals surface area contributed by atoms with E-state index in [9.17, 15) is 9.90 Å². The van der Waals surface area contributed by atoms with E-state index in [-0.39, 0.29) is 17.8 Å². The number of esters is 1. The minimum absolute atomic E-state index is 0.0179. The summed E-state index contributed by atoms with van der Waals surface area (Å²) < 4.78 is 10.9. The Balaban J connectivity index is 2.08. The van der Waals surface area contributed by atoms with E-state index in [0.717, 1.165) is 44.9 Å². The van der Waals surface area contributed by atoms with Gasteiger partial charge in [-0.05, 0) is 52.4 Å². The van der Waals surface area contributed by atoms with Crippen LogP contribution in [-0.4, -0.2) is 17.2 Å². The molecule has 0 atom stereocenters. The van der Waals surface area contributed by atoms with Crippen LogP contribution in [0.2, 0.25) is 0 Å². The highest BCUT2D eigenvalue weighted by atomic mass is 16.5. The van der Waals surface area contributed by atoms with E-state index in [4.69, 9.17) is 9.47 Å². The lowest BCUT2D eigenvalue weighted by Crippen LogP contribution is -2.09. The highest BCUT2D eigenvalue weighted by Gasteiger charge is 2.09. The maximum Gasteiger partial charge on any atom is 0.311 e. The van der Waals surface area contributed by atoms with Crippen molar-refractivity contribution < 1.29 is 19.4 Å². The van der Waals surface area contributed by atoms with Gasteiger partial charge in [-0.2, -0.15) is 0 Å². The monoisotopic (exact) mass is 428 g/mol. The van der Waals surface area contributed by atoms with Crippen molar-refractivity contribution in [3.63, 3.8) is 0 Å². The number of rotatable bonds is 16. The molecule has 0 heterocycles. The predicted octanol–water partition coefficient (Wildman–Crippen LogP) is 7.67. The molecule has 1 rings (SSSR count). The first-order valence-electron chi connectivity index (χ1n) is 11.7. The second kappa shape index (κ2) is 17.2. The maximum absolute atomic E-state index is 12.0. The minimum atomic E-state index is -0.276. The van der Waals surface area contributed by atoms with Gasteiger partial charge in [-0.1, -0.05) is 62.6 Å². The molecule has 0 amide bonds. The molecule has 0 saturated carbocycles. The number of ether oxygens (including phenoxy) is 2. The smallest absolute Gasteiger partial charge is 0.311 e. The molecule has 0 aliphatic carbocycles. The molecule has 1 N–H and O–H groups in total. The van der Waals surface area contributed by atoms with Crippen LogP contribution in [0.5, 0.6) is 17.2 Å². The van der Waals surface area contributed by atoms with Gasteiger partial charge in [-0.3, -0.25) is 4.79 Å². The summed E-state index contributed by atoms with van der Waals surface area (Å²) in [6.45, 7) is 5.95. The van der Waals surface area contributed by atoms with Crippen LogP contribution in [0.4, 0.5) is 0 Å². The van der Waals surface area contributed by atoms with Crippen molar-refractivity contribution in [3.8, 4) is 17.2 Å². The normalized spacial score (nSPS) is 11.9. The first kappa shape index (κ1) is 26.5. The van der Waals surface area contributed by atoms with E-state index in [1.165, 1.54) is 25.0 Å². The molecule has 172 valence electrons. The number of hydrogen-bond acceptors (Lipinski definition) is 4. The van der Waals surface area contributed by atoms with Crippen LogP contribution >= 0.6 is 0 Å². The first-order chi connectivity index (χ1) is 15.0. The van der Waals surface area contributed by atoms with E-state index in [0.29, 0.717) is 17.9 Å². The molecule has 0 aliphatic rings. The van der Waals surface area contributed by atoms with Crippen molar-refractivity contribution in [1.29, 1.82) is 0 Å². The standard InChI is InChI=1S/C27H40O4/c1-4-5-6-7-8-9-10-11-12-13-14-15-16-17-18-19-27(29)31-26-21-24(28)20-25(22-26)30-23(2)3/h5-6,8-9,11-12,20-23,28H,4,7,10,13-19H2,1-3H3/b6-5-,9-8-,12-11-. The van der Waals surface area contributed by atoms with Crippen LogP contribution in [0.1, 0.15) is 85.0 Å². The zero-order valence-corrected chi connectivity index (χ0v) is 19.5. The van der Waals surface area contributed by atoms with E-state index < -0.39 is 0 Å². The third-order valence-corrected chi connectivity index (χ3v) is 4.50. The molecule has 0 aliphatic heterocycles. The van der Waals surface area contributed by atoms with Crippen molar-refractivity contribution >= 4 is 5.97 Å². The van der Waals surface area contributed by atoms with Gasteiger partial charge >= 0.3 is 5.97 Å². The number of benzene rings is 1. The fourth-order valence-corrected chi connectivity index (χ4v) is 3.03. The lowest BCUT2D eigenvalue weighted by molar-refractivity contribution is -0.134. The number of allylic oxidation sites excluding steroid dienone is 6. The van der Waals surface area contributed by atoms with Crippen LogP contribution in [0.3, 0.4) is 0 Å². The third kappa shape index (κ3) is 15.0. The lowest BCUT2D eigenvalue weighted by atomic mass is 10.1. The first-order valence-corrected chi connectivity index (χ1v) is 11.7. The molecule has 1 aromatic rings. The second-order valence-corrected chi connectivity index (χ2v) is 7.90. The van der Waals surface area contributed by atoms with Crippen molar-refractivity contribution in [2.45, 2.75) is 91.1 Å². The summed E-state index contributed by atoms with van der Waals surface area (Å²) in [4.78, 5) is 12.0. The summed E-state index contributed by atoms with van der Waals surface area (Å²) in [5, 5.41) is 9.75. The van der Waals surface area contributed by atoms with Gasteiger partial charge in [0.25, 0.3) is 0 Å². The molecule has 0 bridgehead atoms. The van der Waals surface area contributed by atoms with Crippen LogP contribution in [-0.2, 0) is 4.79 Å². The summed E-state index contributed by atoms with van der Waals surface area (Å²) >= 11 is 0.